The van der Waals surface area contributed by atoms with E-state index in [0.717, 1.165) is 27.7 Å². The third kappa shape index (κ3) is 5.99. The van der Waals surface area contributed by atoms with Crippen molar-refractivity contribution in [2.45, 2.75) is 27.7 Å². The van der Waals surface area contributed by atoms with Crippen LogP contribution in [0.1, 0.15) is 32.6 Å². The molecule has 3 nitrogen and oxygen atoms in total. The van der Waals surface area contributed by atoms with E-state index in [9.17, 15) is 4.79 Å². The summed E-state index contributed by atoms with van der Waals surface area (Å²) in [6.07, 6.45) is 0. The molecule has 0 radical (unpaired) electrons. The average Bonchev–Trinajstić information content (AvgIpc) is 2.81. The van der Waals surface area contributed by atoms with Gasteiger partial charge in [0.2, 0.25) is 0 Å². The summed E-state index contributed by atoms with van der Waals surface area (Å²) in [4.78, 5) is 13.4. The first kappa shape index (κ1) is 25.8. The zero-order valence-corrected chi connectivity index (χ0v) is 21.3. The van der Waals surface area contributed by atoms with Crippen molar-refractivity contribution < 1.29 is 33.1 Å². The molecule has 0 aliphatic carbocycles. The second kappa shape index (κ2) is 11.5. The van der Waals surface area contributed by atoms with E-state index in [-0.39, 0.29) is 33.0 Å². The van der Waals surface area contributed by atoms with Crippen LogP contribution in [-0.2, 0) is 0 Å². The Kier molecular flexibility index (Phi) is 8.76. The number of carbonyl (C=O) groups is 1. The predicted octanol–water partition coefficient (Wildman–Crippen LogP) is 4.65. The van der Waals surface area contributed by atoms with Crippen LogP contribution in [0.15, 0.2) is 84.9 Å². The van der Waals surface area contributed by atoms with Gasteiger partial charge in [-0.15, -0.1) is 0 Å². The largest absolute Gasteiger partial charge is 1.00 e. The summed E-state index contributed by atoms with van der Waals surface area (Å²) in [5.41, 5.74) is 5.37. The maximum atomic E-state index is 13.4. The van der Waals surface area contributed by atoms with Gasteiger partial charge in [0.05, 0.1) is 0 Å². The summed E-state index contributed by atoms with van der Waals surface area (Å²) >= 11 is 0. The van der Waals surface area contributed by atoms with Gasteiger partial charge in [0.1, 0.15) is 23.0 Å². The first-order chi connectivity index (χ1) is 15.9. The molecule has 4 rings (SSSR count). The van der Waals surface area contributed by atoms with Gasteiger partial charge < -0.3 is 9.47 Å². The molecular weight excluding hydrogens is 434 g/mol. The summed E-state index contributed by atoms with van der Waals surface area (Å²) in [5.74, 6) is 2.74. The van der Waals surface area contributed by atoms with Crippen molar-refractivity contribution >= 4 is 19.4 Å². The third-order valence-electron chi connectivity index (χ3n) is 5.73. The van der Waals surface area contributed by atoms with Gasteiger partial charge in [0.15, 0.2) is 5.52 Å². The minimum atomic E-state index is -0.0630. The number of rotatable bonds is 7. The fraction of sp³-hybridized carbons (Fsp3) is 0.138. The first-order valence-electron chi connectivity index (χ1n) is 10.9. The molecule has 0 saturated carbocycles. The molecule has 1 atom stereocenters. The fourth-order valence-corrected chi connectivity index (χ4v) is 4.98. The van der Waals surface area contributed by atoms with Gasteiger partial charge in [-0.2, -0.15) is 0 Å². The molecule has 5 heteroatoms. The van der Waals surface area contributed by atoms with Crippen LogP contribution in [0.4, 0.5) is 0 Å². The summed E-state index contributed by atoms with van der Waals surface area (Å²) in [6, 6.07) is 27.0. The summed E-state index contributed by atoms with van der Waals surface area (Å²) in [5, 5.41) is 0.848. The minimum absolute atomic E-state index is 0. The normalized spacial score (nSPS) is 10.7. The number of benzene rings is 4. The zero-order chi connectivity index (χ0) is 23.4. The van der Waals surface area contributed by atoms with Crippen LogP contribution >= 0.6 is 8.58 Å². The number of carbonyl (C=O) groups excluding carboxylic acids is 1. The Bertz CT molecular complexity index is 1290. The van der Waals surface area contributed by atoms with Crippen molar-refractivity contribution in [2.24, 2.45) is 0 Å². The number of hydrogen-bond acceptors (Lipinski definition) is 3. The predicted molar refractivity (Wildman–Crippen MR) is 137 cm³/mol. The van der Waals surface area contributed by atoms with E-state index < -0.39 is 0 Å². The second-order valence-electron chi connectivity index (χ2n) is 8.08. The van der Waals surface area contributed by atoms with Crippen molar-refractivity contribution in [3.05, 3.63) is 113 Å². The molecule has 0 amide bonds. The van der Waals surface area contributed by atoms with Gasteiger partial charge in [-0.3, -0.25) is 4.79 Å². The van der Waals surface area contributed by atoms with Crippen LogP contribution in [0, 0.1) is 27.7 Å². The van der Waals surface area contributed by atoms with Crippen molar-refractivity contribution in [3.63, 3.8) is 0 Å². The maximum Gasteiger partial charge on any atom is 1.00 e. The number of ether oxygens (including phenoxy) is 2. The summed E-state index contributed by atoms with van der Waals surface area (Å²) < 4.78 is 12.2. The number of aryl methyl sites for hydroxylation is 2. The van der Waals surface area contributed by atoms with E-state index in [2.05, 4.69) is 19.9 Å². The van der Waals surface area contributed by atoms with E-state index in [1.165, 1.54) is 11.1 Å². The summed E-state index contributed by atoms with van der Waals surface area (Å²) in [6.45, 7) is 8.20. The van der Waals surface area contributed by atoms with E-state index >= 15 is 0 Å². The zero-order valence-electron chi connectivity index (χ0n) is 20.3. The van der Waals surface area contributed by atoms with Crippen LogP contribution in [0.2, 0.25) is 0 Å². The Balaban J connectivity index is 0.00000324. The van der Waals surface area contributed by atoms with Crippen molar-refractivity contribution in [2.75, 3.05) is 0 Å². The minimum Gasteiger partial charge on any atom is -0.457 e. The van der Waals surface area contributed by atoms with Gasteiger partial charge in [-0.1, -0.05) is 42.5 Å². The second-order valence-corrected chi connectivity index (χ2v) is 9.32. The summed E-state index contributed by atoms with van der Waals surface area (Å²) in [7, 11) is -0.0630. The van der Waals surface area contributed by atoms with E-state index in [0.29, 0.717) is 17.2 Å². The molecule has 1 unspecified atom stereocenters. The van der Waals surface area contributed by atoms with E-state index in [4.69, 9.17) is 9.47 Å². The first-order valence-corrected chi connectivity index (χ1v) is 11.9. The van der Waals surface area contributed by atoms with Crippen LogP contribution in [0.3, 0.4) is 0 Å². The Hall–Kier alpha value is -2.82. The number of hydrogen-bond donors (Lipinski definition) is 0. The smallest absolute Gasteiger partial charge is 0.457 e. The molecule has 0 N–H and O–H groups in total. The van der Waals surface area contributed by atoms with Gasteiger partial charge >= 0.3 is 18.9 Å². The topological polar surface area (TPSA) is 35.5 Å². The Labute approximate surface area is 215 Å². The van der Waals surface area contributed by atoms with Crippen LogP contribution in [0.5, 0.6) is 23.0 Å². The Morgan fingerprint density at radius 1 is 0.647 bits per heavy atom. The molecule has 0 aromatic heterocycles. The molecule has 4 aromatic rings. The van der Waals surface area contributed by atoms with Crippen LogP contribution < -0.4 is 33.6 Å². The standard InChI is InChI=1S/C29H27O3P.Li/c1-19-17-20(2)28(22(4)21(19)3)29(30)33-27-16-15-25(31-23-11-7-5-8-12-23)18-26(27)32-24-13-9-6-10-14-24;/h5-18,33H,1-4H3;/q;+1. The van der Waals surface area contributed by atoms with Gasteiger partial charge in [-0.25, -0.2) is 0 Å². The molecule has 0 fully saturated rings. The maximum absolute atomic E-state index is 13.4. The van der Waals surface area contributed by atoms with Crippen molar-refractivity contribution in [1.29, 1.82) is 0 Å². The quantitative estimate of drug-likeness (QED) is 0.297. The Morgan fingerprint density at radius 3 is 1.85 bits per heavy atom. The number of para-hydroxylation sites is 2. The van der Waals surface area contributed by atoms with Gasteiger partial charge in [0, 0.05) is 16.9 Å². The SMILES string of the molecule is Cc1cc(C)c(C(=O)Pc2ccc(Oc3ccccc3)cc2Oc2ccccc2)c(C)c1C.[Li+]. The molecule has 0 spiro atoms. The molecule has 0 bridgehead atoms. The third-order valence-corrected chi connectivity index (χ3v) is 6.89. The van der Waals surface area contributed by atoms with E-state index in [1.54, 1.807) is 0 Å². The molecule has 0 aliphatic rings. The molecule has 34 heavy (non-hydrogen) atoms. The van der Waals surface area contributed by atoms with Gasteiger partial charge in [0.25, 0.3) is 0 Å². The van der Waals surface area contributed by atoms with Crippen molar-refractivity contribution in [3.8, 4) is 23.0 Å². The van der Waals surface area contributed by atoms with Gasteiger partial charge in [-0.05, 0) is 94.9 Å². The molecule has 0 saturated heterocycles. The molecular formula is C29H27LiO3P+. The fourth-order valence-electron chi connectivity index (χ4n) is 3.81. The molecule has 4 aromatic carbocycles. The van der Waals surface area contributed by atoms with Crippen LogP contribution in [-0.4, -0.2) is 5.52 Å². The van der Waals surface area contributed by atoms with Crippen LogP contribution in [0.25, 0.3) is 0 Å². The average molecular weight is 461 g/mol. The molecule has 0 aliphatic heterocycles. The van der Waals surface area contributed by atoms with E-state index in [1.807, 2.05) is 92.7 Å². The van der Waals surface area contributed by atoms with Crippen molar-refractivity contribution in [1.82, 2.24) is 0 Å². The monoisotopic (exact) mass is 461 g/mol. The Morgan fingerprint density at radius 2 is 1.24 bits per heavy atom. The molecule has 0 heterocycles. The molecule has 166 valence electrons.